The Kier molecular flexibility index (Phi) is 6.26. The van der Waals surface area contributed by atoms with E-state index in [1.54, 1.807) is 32.9 Å². The van der Waals surface area contributed by atoms with Crippen LogP contribution in [-0.4, -0.2) is 39.5 Å². The molecule has 0 heterocycles. The first-order valence-electron chi connectivity index (χ1n) is 7.30. The number of nitrogens with one attached hydrogen (secondary N) is 2. The van der Waals surface area contributed by atoms with Gasteiger partial charge in [0.25, 0.3) is 0 Å². The van der Waals surface area contributed by atoms with Crippen molar-refractivity contribution in [3.63, 3.8) is 0 Å². The Bertz CT molecular complexity index is 651. The van der Waals surface area contributed by atoms with E-state index >= 15 is 0 Å². The molecule has 1 rings (SSSR count). The fourth-order valence-corrected chi connectivity index (χ4v) is 2.67. The number of hydrogen-bond acceptors (Lipinski definition) is 6. The second kappa shape index (κ2) is 7.54. The average Bonchev–Trinajstić information content (AvgIpc) is 2.36. The summed E-state index contributed by atoms with van der Waals surface area (Å²) in [6.07, 6.45) is 1.30. The molecule has 0 unspecified atom stereocenters. The largest absolute Gasteiger partial charge is 0.444 e. The summed E-state index contributed by atoms with van der Waals surface area (Å²) >= 11 is 0. The van der Waals surface area contributed by atoms with Crippen LogP contribution in [0.25, 0.3) is 0 Å². The molecule has 8 heteroatoms. The highest BCUT2D eigenvalue weighted by Gasteiger charge is 2.16. The molecular formula is C15H25N3O4S. The third-order valence-corrected chi connectivity index (χ3v) is 3.96. The fraction of sp³-hybridized carbons (Fsp3) is 0.533. The molecular weight excluding hydrogens is 318 g/mol. The standard InChI is InChI=1S/C15H25N3O4S/c1-15(2,3)22-14(19)18-10-6-9-17-11-7-5-8-12(13(11)16)23(4,20)21/h5,7-8,17H,6,9-10,16H2,1-4H3,(H,18,19). The van der Waals surface area contributed by atoms with Crippen LogP contribution in [0.2, 0.25) is 0 Å². The van der Waals surface area contributed by atoms with Crippen LogP contribution in [0.3, 0.4) is 0 Å². The lowest BCUT2D eigenvalue weighted by Crippen LogP contribution is -2.33. The van der Waals surface area contributed by atoms with E-state index in [0.29, 0.717) is 25.2 Å². The van der Waals surface area contributed by atoms with E-state index in [4.69, 9.17) is 10.5 Å². The van der Waals surface area contributed by atoms with Crippen LogP contribution in [0, 0.1) is 0 Å². The highest BCUT2D eigenvalue weighted by atomic mass is 32.2. The molecule has 0 saturated carbocycles. The smallest absolute Gasteiger partial charge is 0.407 e. The van der Waals surface area contributed by atoms with Gasteiger partial charge in [-0.3, -0.25) is 0 Å². The lowest BCUT2D eigenvalue weighted by molar-refractivity contribution is 0.0528. The fourth-order valence-electron chi connectivity index (χ4n) is 1.84. The summed E-state index contributed by atoms with van der Waals surface area (Å²) in [5.74, 6) is 0. The molecule has 130 valence electrons. The summed E-state index contributed by atoms with van der Waals surface area (Å²) in [4.78, 5) is 11.6. The van der Waals surface area contributed by atoms with E-state index < -0.39 is 21.5 Å². The summed E-state index contributed by atoms with van der Waals surface area (Å²) in [6, 6.07) is 4.82. The first-order chi connectivity index (χ1) is 10.5. The lowest BCUT2D eigenvalue weighted by atomic mass is 10.2. The van der Waals surface area contributed by atoms with E-state index in [0.717, 1.165) is 6.26 Å². The number of hydrogen-bond donors (Lipinski definition) is 3. The summed E-state index contributed by atoms with van der Waals surface area (Å²) in [6.45, 7) is 6.36. The quantitative estimate of drug-likeness (QED) is 0.538. The molecule has 0 aliphatic rings. The second-order valence-corrected chi connectivity index (χ2v) is 8.18. The molecule has 1 aromatic carbocycles. The van der Waals surface area contributed by atoms with Crippen LogP contribution < -0.4 is 16.4 Å². The predicted molar refractivity (Wildman–Crippen MR) is 91.3 cm³/mol. The van der Waals surface area contributed by atoms with Crippen LogP contribution in [0.5, 0.6) is 0 Å². The number of nitrogen functional groups attached to an aromatic ring is 1. The van der Waals surface area contributed by atoms with Crippen molar-refractivity contribution in [3.8, 4) is 0 Å². The third kappa shape index (κ3) is 6.77. The van der Waals surface area contributed by atoms with Gasteiger partial charge in [0.05, 0.1) is 16.3 Å². The normalized spacial score (nSPS) is 11.8. The molecule has 23 heavy (non-hydrogen) atoms. The topological polar surface area (TPSA) is 111 Å². The Morgan fingerprint density at radius 1 is 1.26 bits per heavy atom. The van der Waals surface area contributed by atoms with E-state index in [1.807, 2.05) is 0 Å². The first kappa shape index (κ1) is 19.1. The summed E-state index contributed by atoms with van der Waals surface area (Å²) in [5, 5.41) is 5.71. The Hall–Kier alpha value is -1.96. The van der Waals surface area contributed by atoms with Gasteiger partial charge in [0.1, 0.15) is 5.60 Å². The molecule has 4 N–H and O–H groups in total. The number of rotatable bonds is 6. The van der Waals surface area contributed by atoms with Crippen molar-refractivity contribution in [2.24, 2.45) is 0 Å². The van der Waals surface area contributed by atoms with Gasteiger partial charge in [0.15, 0.2) is 9.84 Å². The molecule has 0 radical (unpaired) electrons. The number of amides is 1. The first-order valence-corrected chi connectivity index (χ1v) is 9.19. The molecule has 0 aliphatic heterocycles. The zero-order valence-electron chi connectivity index (χ0n) is 14.0. The van der Waals surface area contributed by atoms with Crippen LogP contribution in [0.1, 0.15) is 27.2 Å². The maximum Gasteiger partial charge on any atom is 0.407 e. The maximum atomic E-state index is 11.6. The van der Waals surface area contributed by atoms with Crippen LogP contribution in [0.15, 0.2) is 23.1 Å². The molecule has 0 aromatic heterocycles. The Morgan fingerprint density at radius 3 is 2.48 bits per heavy atom. The van der Waals surface area contributed by atoms with Gasteiger partial charge in [0.2, 0.25) is 0 Å². The molecule has 1 aromatic rings. The SMILES string of the molecule is CC(C)(C)OC(=O)NCCCNc1cccc(S(C)(=O)=O)c1N. The van der Waals surface area contributed by atoms with Gasteiger partial charge >= 0.3 is 6.09 Å². The third-order valence-electron chi connectivity index (χ3n) is 2.80. The Balaban J connectivity index is 2.45. The average molecular weight is 343 g/mol. The van der Waals surface area contributed by atoms with Crippen molar-refractivity contribution in [2.75, 3.05) is 30.4 Å². The van der Waals surface area contributed by atoms with Crippen LogP contribution >= 0.6 is 0 Å². The minimum Gasteiger partial charge on any atom is -0.444 e. The van der Waals surface area contributed by atoms with Gasteiger partial charge < -0.3 is 21.1 Å². The Labute approximate surface area is 137 Å². The number of benzene rings is 1. The molecule has 7 nitrogen and oxygen atoms in total. The summed E-state index contributed by atoms with van der Waals surface area (Å²) in [7, 11) is -3.36. The minimum absolute atomic E-state index is 0.106. The number of nitrogens with two attached hydrogens (primary N) is 1. The van der Waals surface area contributed by atoms with Crippen molar-refractivity contribution in [1.82, 2.24) is 5.32 Å². The monoisotopic (exact) mass is 343 g/mol. The molecule has 0 saturated heterocycles. The van der Waals surface area contributed by atoms with Crippen LogP contribution in [-0.2, 0) is 14.6 Å². The molecule has 0 spiro atoms. The van der Waals surface area contributed by atoms with Gasteiger partial charge in [-0.1, -0.05) is 6.07 Å². The van der Waals surface area contributed by atoms with Gasteiger partial charge in [-0.25, -0.2) is 13.2 Å². The number of carbonyl (C=O) groups excluding carboxylic acids is 1. The molecule has 0 fully saturated rings. The Morgan fingerprint density at radius 2 is 1.91 bits per heavy atom. The number of anilines is 2. The lowest BCUT2D eigenvalue weighted by Gasteiger charge is -2.19. The van der Waals surface area contributed by atoms with Crippen molar-refractivity contribution in [3.05, 3.63) is 18.2 Å². The van der Waals surface area contributed by atoms with E-state index in [1.165, 1.54) is 6.07 Å². The maximum absolute atomic E-state index is 11.6. The number of para-hydroxylation sites is 1. The number of carbonyl (C=O) groups is 1. The number of sulfone groups is 1. The summed E-state index contributed by atoms with van der Waals surface area (Å²) < 4.78 is 28.3. The van der Waals surface area contributed by atoms with E-state index in [2.05, 4.69) is 10.6 Å². The van der Waals surface area contributed by atoms with Crippen molar-refractivity contribution >= 4 is 27.3 Å². The van der Waals surface area contributed by atoms with E-state index in [9.17, 15) is 13.2 Å². The van der Waals surface area contributed by atoms with Crippen molar-refractivity contribution in [2.45, 2.75) is 37.7 Å². The van der Waals surface area contributed by atoms with Gasteiger partial charge in [-0.05, 0) is 39.3 Å². The molecule has 0 bridgehead atoms. The highest BCUT2D eigenvalue weighted by molar-refractivity contribution is 7.90. The minimum atomic E-state index is -3.36. The van der Waals surface area contributed by atoms with Gasteiger partial charge in [-0.15, -0.1) is 0 Å². The number of alkyl carbamates (subject to hydrolysis) is 1. The zero-order chi connectivity index (χ0) is 17.7. The van der Waals surface area contributed by atoms with Crippen molar-refractivity contribution < 1.29 is 17.9 Å². The van der Waals surface area contributed by atoms with Gasteiger partial charge in [0, 0.05) is 19.3 Å². The van der Waals surface area contributed by atoms with Crippen LogP contribution in [0.4, 0.5) is 16.2 Å². The second-order valence-electron chi connectivity index (χ2n) is 6.20. The molecule has 0 aliphatic carbocycles. The van der Waals surface area contributed by atoms with Crippen molar-refractivity contribution in [1.29, 1.82) is 0 Å². The van der Waals surface area contributed by atoms with E-state index in [-0.39, 0.29) is 10.6 Å². The zero-order valence-corrected chi connectivity index (χ0v) is 14.8. The van der Waals surface area contributed by atoms with Gasteiger partial charge in [-0.2, -0.15) is 0 Å². The molecule has 1 amide bonds. The number of ether oxygens (including phenoxy) is 1. The molecule has 0 atom stereocenters. The highest BCUT2D eigenvalue weighted by Crippen LogP contribution is 2.26. The predicted octanol–water partition coefficient (Wildman–Crippen LogP) is 2.00. The summed E-state index contributed by atoms with van der Waals surface area (Å²) in [5.41, 5.74) is 6.11.